The van der Waals surface area contributed by atoms with Gasteiger partial charge in [0.1, 0.15) is 0 Å². The Morgan fingerprint density at radius 3 is 2.32 bits per heavy atom. The van der Waals surface area contributed by atoms with Gasteiger partial charge in [0, 0.05) is 41.6 Å². The molecule has 1 heterocycles. The van der Waals surface area contributed by atoms with E-state index in [-0.39, 0.29) is 17.3 Å². The number of hydrogen-bond acceptors (Lipinski definition) is 5. The quantitative estimate of drug-likeness (QED) is 0.663. The maximum absolute atomic E-state index is 11.1. The van der Waals surface area contributed by atoms with Gasteiger partial charge >= 0.3 is 0 Å². The van der Waals surface area contributed by atoms with Crippen molar-refractivity contribution in [1.29, 1.82) is 0 Å². The minimum Gasteiger partial charge on any atom is -0.355 e. The van der Waals surface area contributed by atoms with Gasteiger partial charge in [0.05, 0.1) is 9.85 Å². The fraction of sp³-hybridized carbons (Fsp3) is 0.111. The summed E-state index contributed by atoms with van der Waals surface area (Å²) in [7, 11) is 0. The third-order valence-corrected chi connectivity index (χ3v) is 4.58. The van der Waals surface area contributed by atoms with E-state index in [1.54, 1.807) is 24.3 Å². The summed E-state index contributed by atoms with van der Waals surface area (Å²) in [5.41, 5.74) is 4.62. The van der Waals surface area contributed by atoms with Crippen LogP contribution in [0.25, 0.3) is 5.70 Å². The zero-order valence-corrected chi connectivity index (χ0v) is 13.0. The molecule has 1 N–H and O–H groups in total. The number of benzene rings is 2. The highest BCUT2D eigenvalue weighted by Crippen LogP contribution is 2.47. The summed E-state index contributed by atoms with van der Waals surface area (Å²) < 4.78 is 0. The van der Waals surface area contributed by atoms with E-state index in [2.05, 4.69) is 5.32 Å². The summed E-state index contributed by atoms with van der Waals surface area (Å²) in [5, 5.41) is 25.2. The molecule has 1 aliphatic heterocycles. The van der Waals surface area contributed by atoms with Crippen molar-refractivity contribution in [3.8, 4) is 0 Å². The van der Waals surface area contributed by atoms with E-state index >= 15 is 0 Å². The van der Waals surface area contributed by atoms with Crippen LogP contribution >= 0.6 is 0 Å². The third-order valence-electron chi connectivity index (χ3n) is 4.58. The molecule has 1 aliphatic carbocycles. The molecule has 124 valence electrons. The number of hydrogen-bond donors (Lipinski definition) is 1. The van der Waals surface area contributed by atoms with Crippen molar-refractivity contribution in [3.63, 3.8) is 0 Å². The molecule has 0 saturated carbocycles. The molecule has 1 atom stereocenters. The Morgan fingerprint density at radius 2 is 1.64 bits per heavy atom. The first-order chi connectivity index (χ1) is 12.0. The molecule has 4 rings (SSSR count). The molecule has 2 aromatic carbocycles. The first kappa shape index (κ1) is 15.1. The molecule has 7 nitrogen and oxygen atoms in total. The van der Waals surface area contributed by atoms with Crippen LogP contribution in [0.5, 0.6) is 0 Å². The number of rotatable bonds is 3. The van der Waals surface area contributed by atoms with Crippen LogP contribution in [0.3, 0.4) is 0 Å². The first-order valence-electron chi connectivity index (χ1n) is 7.75. The van der Waals surface area contributed by atoms with Gasteiger partial charge in [-0.15, -0.1) is 0 Å². The lowest BCUT2D eigenvalue weighted by atomic mass is 9.85. The van der Waals surface area contributed by atoms with Gasteiger partial charge in [0.15, 0.2) is 0 Å². The number of nitro groups is 2. The van der Waals surface area contributed by atoms with Crippen LogP contribution < -0.4 is 5.32 Å². The molecular weight excluding hydrogens is 322 g/mol. The average Bonchev–Trinajstić information content (AvgIpc) is 3.10. The fourth-order valence-electron chi connectivity index (χ4n) is 3.39. The maximum atomic E-state index is 11.1. The van der Waals surface area contributed by atoms with Crippen LogP contribution in [0.4, 0.5) is 17.1 Å². The second kappa shape index (κ2) is 5.55. The zero-order valence-electron chi connectivity index (χ0n) is 13.0. The number of non-ortho nitro benzene ring substituents is 2. The largest absolute Gasteiger partial charge is 0.355 e. The molecule has 1 unspecified atom stereocenters. The Balaban J connectivity index is 1.79. The van der Waals surface area contributed by atoms with Crippen LogP contribution in [-0.4, -0.2) is 9.85 Å². The Labute approximate surface area is 142 Å². The number of anilines is 1. The number of nitrogens with zero attached hydrogens (tertiary/aromatic N) is 2. The Bertz CT molecular complexity index is 961. The van der Waals surface area contributed by atoms with E-state index in [1.165, 1.54) is 18.2 Å². The maximum Gasteiger partial charge on any atom is 0.269 e. The second-order valence-electron chi connectivity index (χ2n) is 5.98. The van der Waals surface area contributed by atoms with E-state index in [4.69, 9.17) is 0 Å². The molecular formula is C18H13N3O4. The Kier molecular flexibility index (Phi) is 3.35. The minimum atomic E-state index is -0.428. The van der Waals surface area contributed by atoms with Gasteiger partial charge in [0.25, 0.3) is 11.4 Å². The molecule has 2 aliphatic rings. The molecule has 0 aromatic heterocycles. The van der Waals surface area contributed by atoms with Crippen LogP contribution in [0, 0.1) is 20.2 Å². The number of allylic oxidation sites excluding steroid dienone is 3. The molecule has 0 fully saturated rings. The highest BCUT2D eigenvalue weighted by Gasteiger charge is 2.30. The van der Waals surface area contributed by atoms with Crippen LogP contribution in [0.2, 0.25) is 0 Å². The number of nitrogens with one attached hydrogen (secondary N) is 1. The van der Waals surface area contributed by atoms with Crippen molar-refractivity contribution >= 4 is 22.8 Å². The lowest BCUT2D eigenvalue weighted by Gasteiger charge is -2.28. The number of nitro benzene ring substituents is 2. The van der Waals surface area contributed by atoms with E-state index < -0.39 is 9.85 Å². The highest BCUT2D eigenvalue weighted by molar-refractivity contribution is 5.87. The third kappa shape index (κ3) is 2.46. The van der Waals surface area contributed by atoms with Gasteiger partial charge in [0.2, 0.25) is 0 Å². The lowest BCUT2D eigenvalue weighted by Crippen LogP contribution is -2.14. The van der Waals surface area contributed by atoms with Gasteiger partial charge in [-0.05, 0) is 41.3 Å². The smallest absolute Gasteiger partial charge is 0.269 e. The predicted octanol–water partition coefficient (Wildman–Crippen LogP) is 4.38. The summed E-state index contributed by atoms with van der Waals surface area (Å²) in [4.78, 5) is 21.1. The summed E-state index contributed by atoms with van der Waals surface area (Å²) >= 11 is 0. The van der Waals surface area contributed by atoms with Gasteiger partial charge in [-0.25, -0.2) is 0 Å². The first-order valence-corrected chi connectivity index (χ1v) is 7.75. The molecule has 0 amide bonds. The van der Waals surface area contributed by atoms with E-state index in [0.717, 1.165) is 34.5 Å². The minimum absolute atomic E-state index is 0.0414. The average molecular weight is 335 g/mol. The monoisotopic (exact) mass is 335 g/mol. The fourth-order valence-corrected chi connectivity index (χ4v) is 3.39. The lowest BCUT2D eigenvalue weighted by molar-refractivity contribution is -0.385. The standard InChI is InChI=1S/C18H13N3O4/c22-20(23)12-6-4-11(5-7-12)18-15-3-1-2-14(15)16-10-13(21(24)25)8-9-17(16)19-18/h1,3-10,14,19H,2H2. The number of fused-ring (bicyclic) bond motifs is 3. The molecule has 0 bridgehead atoms. The van der Waals surface area contributed by atoms with Gasteiger partial charge < -0.3 is 5.32 Å². The van der Waals surface area contributed by atoms with E-state index in [9.17, 15) is 20.2 Å². The predicted molar refractivity (Wildman–Crippen MR) is 93.2 cm³/mol. The van der Waals surface area contributed by atoms with Gasteiger partial charge in [-0.1, -0.05) is 12.2 Å². The summed E-state index contributed by atoms with van der Waals surface area (Å²) in [6, 6.07) is 11.2. The van der Waals surface area contributed by atoms with Crippen molar-refractivity contribution in [2.75, 3.05) is 5.32 Å². The molecule has 0 spiro atoms. The summed E-state index contributed by atoms with van der Waals surface area (Å²) in [6.07, 6.45) is 4.83. The zero-order chi connectivity index (χ0) is 17.6. The van der Waals surface area contributed by atoms with Gasteiger partial charge in [-0.2, -0.15) is 0 Å². The second-order valence-corrected chi connectivity index (χ2v) is 5.98. The van der Waals surface area contributed by atoms with Crippen LogP contribution in [0.15, 0.2) is 60.2 Å². The topological polar surface area (TPSA) is 98.3 Å². The molecule has 0 saturated heterocycles. The SMILES string of the molecule is O=[N+]([O-])c1ccc(C2=C3C=CCC3c3cc([N+](=O)[O-])ccc3N2)cc1. The van der Waals surface area contributed by atoms with Crippen molar-refractivity contribution in [2.45, 2.75) is 12.3 Å². The van der Waals surface area contributed by atoms with E-state index in [1.807, 2.05) is 12.2 Å². The van der Waals surface area contributed by atoms with Crippen molar-refractivity contribution in [2.24, 2.45) is 0 Å². The van der Waals surface area contributed by atoms with Gasteiger partial charge in [-0.3, -0.25) is 20.2 Å². The normalized spacial score (nSPS) is 17.7. The van der Waals surface area contributed by atoms with Crippen molar-refractivity contribution in [1.82, 2.24) is 0 Å². The molecule has 25 heavy (non-hydrogen) atoms. The molecule has 2 aromatic rings. The van der Waals surface area contributed by atoms with Crippen LogP contribution in [-0.2, 0) is 0 Å². The summed E-state index contributed by atoms with van der Waals surface area (Å²) in [6.45, 7) is 0. The Hall–Kier alpha value is -3.48. The Morgan fingerprint density at radius 1 is 0.960 bits per heavy atom. The highest BCUT2D eigenvalue weighted by atomic mass is 16.6. The van der Waals surface area contributed by atoms with Crippen molar-refractivity contribution in [3.05, 3.63) is 91.5 Å². The van der Waals surface area contributed by atoms with Crippen LogP contribution in [0.1, 0.15) is 23.5 Å². The summed E-state index contributed by atoms with van der Waals surface area (Å²) in [5.74, 6) is 0.0568. The molecule has 7 heteroatoms. The van der Waals surface area contributed by atoms with Crippen molar-refractivity contribution < 1.29 is 9.85 Å². The van der Waals surface area contributed by atoms with E-state index in [0.29, 0.717) is 0 Å². The molecule has 0 radical (unpaired) electrons.